The lowest BCUT2D eigenvalue weighted by Gasteiger charge is -2.13. The summed E-state index contributed by atoms with van der Waals surface area (Å²) in [5.41, 5.74) is 1.99. The minimum Gasteiger partial charge on any atom is -0.492 e. The van der Waals surface area contributed by atoms with E-state index in [-0.39, 0.29) is 12.4 Å². The van der Waals surface area contributed by atoms with Crippen LogP contribution in [0.25, 0.3) is 0 Å². The van der Waals surface area contributed by atoms with Crippen molar-refractivity contribution >= 4 is 5.96 Å². The van der Waals surface area contributed by atoms with Crippen molar-refractivity contribution in [2.24, 2.45) is 4.99 Å². The van der Waals surface area contributed by atoms with Crippen LogP contribution in [0.1, 0.15) is 30.9 Å². The van der Waals surface area contributed by atoms with Crippen LogP contribution in [0, 0.1) is 11.6 Å². The Balaban J connectivity index is 1.79. The summed E-state index contributed by atoms with van der Waals surface area (Å²) in [5.74, 6) is -0.0826. The van der Waals surface area contributed by atoms with Crippen molar-refractivity contribution in [1.29, 1.82) is 0 Å². The topological polar surface area (TPSA) is 71.7 Å². The van der Waals surface area contributed by atoms with Crippen LogP contribution < -0.4 is 15.4 Å². The molecular weight excluding hydrogens is 342 g/mol. The molecule has 0 bridgehead atoms. The number of aryl methyl sites for hydroxylation is 2. The summed E-state index contributed by atoms with van der Waals surface area (Å²) >= 11 is 0. The zero-order chi connectivity index (χ0) is 18.9. The molecule has 2 rings (SSSR count). The molecule has 1 aromatic heterocycles. The normalized spacial score (nSPS) is 11.5. The van der Waals surface area contributed by atoms with Crippen LogP contribution in [0.2, 0.25) is 0 Å². The number of nitrogens with zero attached hydrogens (tertiary/aromatic N) is 2. The smallest absolute Gasteiger partial charge is 0.191 e. The van der Waals surface area contributed by atoms with Gasteiger partial charge in [0.1, 0.15) is 18.1 Å². The first-order chi connectivity index (χ1) is 12.6. The first-order valence-corrected chi connectivity index (χ1v) is 8.57. The molecule has 6 nitrogen and oxygen atoms in total. The number of hydrogen-bond acceptors (Lipinski definition) is 4. The van der Waals surface area contributed by atoms with Gasteiger partial charge in [0, 0.05) is 31.6 Å². The number of nitrogens with one attached hydrogen (secondary N) is 2. The van der Waals surface area contributed by atoms with Crippen LogP contribution in [0.15, 0.2) is 27.7 Å². The van der Waals surface area contributed by atoms with Crippen molar-refractivity contribution in [3.8, 4) is 5.75 Å². The van der Waals surface area contributed by atoms with Gasteiger partial charge < -0.3 is 19.9 Å². The second-order valence-electron chi connectivity index (χ2n) is 5.52. The maximum absolute atomic E-state index is 13.1. The van der Waals surface area contributed by atoms with Crippen LogP contribution in [0.4, 0.5) is 8.78 Å². The van der Waals surface area contributed by atoms with Gasteiger partial charge in [-0.3, -0.25) is 4.99 Å². The van der Waals surface area contributed by atoms with E-state index in [0.29, 0.717) is 19.0 Å². The maximum Gasteiger partial charge on any atom is 0.191 e. The first-order valence-electron chi connectivity index (χ1n) is 8.57. The number of aliphatic imine (C=N–C) groups is 1. The van der Waals surface area contributed by atoms with Gasteiger partial charge in [0.25, 0.3) is 0 Å². The third-order valence-electron chi connectivity index (χ3n) is 3.82. The molecule has 142 valence electrons. The van der Waals surface area contributed by atoms with Crippen molar-refractivity contribution in [1.82, 2.24) is 15.8 Å². The molecule has 0 aliphatic heterocycles. The monoisotopic (exact) mass is 366 g/mol. The number of hydrogen-bond donors (Lipinski definition) is 2. The molecule has 26 heavy (non-hydrogen) atoms. The lowest BCUT2D eigenvalue weighted by atomic mass is 10.1. The fourth-order valence-corrected chi connectivity index (χ4v) is 2.44. The highest BCUT2D eigenvalue weighted by atomic mass is 19.2. The standard InChI is InChI=1S/C18H24F2N4O2/c1-4-16-13(17(5-2)26-24-16)11-23-18(21-3)22-8-9-25-12-6-7-14(19)15(20)10-12/h6-7,10H,4-5,8-9,11H2,1-3H3,(H2,21,22,23). The number of aromatic nitrogens is 1. The van der Waals surface area contributed by atoms with E-state index in [1.54, 1.807) is 7.05 Å². The van der Waals surface area contributed by atoms with Crippen molar-refractivity contribution < 1.29 is 18.0 Å². The summed E-state index contributed by atoms with van der Waals surface area (Å²) < 4.78 is 36.7. The van der Waals surface area contributed by atoms with Gasteiger partial charge in [-0.15, -0.1) is 0 Å². The van der Waals surface area contributed by atoms with Gasteiger partial charge in [-0.05, 0) is 18.6 Å². The number of halogens is 2. The minimum absolute atomic E-state index is 0.276. The van der Waals surface area contributed by atoms with Crippen LogP contribution >= 0.6 is 0 Å². The molecule has 0 amide bonds. The molecule has 0 spiro atoms. The van der Waals surface area contributed by atoms with E-state index in [2.05, 4.69) is 20.8 Å². The Bertz CT molecular complexity index is 725. The summed E-state index contributed by atoms with van der Waals surface area (Å²) in [6, 6.07) is 3.44. The molecule has 0 aliphatic rings. The van der Waals surface area contributed by atoms with E-state index in [1.165, 1.54) is 6.07 Å². The quantitative estimate of drug-likeness (QED) is 0.427. The van der Waals surface area contributed by atoms with Crippen LogP contribution in [0.5, 0.6) is 5.75 Å². The average Bonchev–Trinajstić information content (AvgIpc) is 3.06. The summed E-state index contributed by atoms with van der Waals surface area (Å²) in [6.07, 6.45) is 1.58. The number of ether oxygens (including phenoxy) is 1. The molecule has 0 unspecified atom stereocenters. The molecule has 1 heterocycles. The van der Waals surface area contributed by atoms with E-state index in [0.717, 1.165) is 42.0 Å². The van der Waals surface area contributed by atoms with Crippen molar-refractivity contribution in [2.45, 2.75) is 33.2 Å². The molecule has 8 heteroatoms. The van der Waals surface area contributed by atoms with Crippen molar-refractivity contribution in [3.05, 3.63) is 46.9 Å². The Morgan fingerprint density at radius 1 is 1.19 bits per heavy atom. The van der Waals surface area contributed by atoms with Crippen molar-refractivity contribution in [3.63, 3.8) is 0 Å². The highest BCUT2D eigenvalue weighted by Gasteiger charge is 2.13. The second-order valence-corrected chi connectivity index (χ2v) is 5.52. The Morgan fingerprint density at radius 2 is 2.00 bits per heavy atom. The van der Waals surface area contributed by atoms with Gasteiger partial charge in [-0.2, -0.15) is 0 Å². The Kier molecular flexibility index (Phi) is 7.37. The number of guanidine groups is 1. The van der Waals surface area contributed by atoms with Gasteiger partial charge >= 0.3 is 0 Å². The van der Waals surface area contributed by atoms with Gasteiger partial charge in [0.15, 0.2) is 17.6 Å². The first kappa shape index (κ1) is 19.7. The minimum atomic E-state index is -0.930. The molecular formula is C18H24F2N4O2. The van der Waals surface area contributed by atoms with Gasteiger partial charge in [0.05, 0.1) is 12.2 Å². The summed E-state index contributed by atoms with van der Waals surface area (Å²) in [4.78, 5) is 4.15. The molecule has 2 aromatic rings. The highest BCUT2D eigenvalue weighted by Crippen LogP contribution is 2.16. The Hall–Kier alpha value is -2.64. The van der Waals surface area contributed by atoms with Gasteiger partial charge in [0.2, 0.25) is 0 Å². The zero-order valence-corrected chi connectivity index (χ0v) is 15.2. The fourth-order valence-electron chi connectivity index (χ4n) is 2.44. The van der Waals surface area contributed by atoms with E-state index in [9.17, 15) is 8.78 Å². The molecule has 0 radical (unpaired) electrons. The third-order valence-corrected chi connectivity index (χ3v) is 3.82. The number of rotatable bonds is 8. The predicted octanol–water partition coefficient (Wildman–Crippen LogP) is 2.82. The Labute approximate surface area is 151 Å². The Morgan fingerprint density at radius 3 is 2.65 bits per heavy atom. The molecule has 0 aliphatic carbocycles. The van der Waals surface area contributed by atoms with Crippen LogP contribution in [-0.2, 0) is 19.4 Å². The van der Waals surface area contributed by atoms with Gasteiger partial charge in [-0.1, -0.05) is 19.0 Å². The molecule has 0 saturated carbocycles. The molecule has 0 saturated heterocycles. The van der Waals surface area contributed by atoms with Crippen LogP contribution in [0.3, 0.4) is 0 Å². The SMILES string of the molecule is CCc1noc(CC)c1CNC(=NC)NCCOc1ccc(F)c(F)c1. The van der Waals surface area contributed by atoms with E-state index < -0.39 is 11.6 Å². The lowest BCUT2D eigenvalue weighted by Crippen LogP contribution is -2.39. The van der Waals surface area contributed by atoms with E-state index >= 15 is 0 Å². The molecule has 1 aromatic carbocycles. The van der Waals surface area contributed by atoms with Crippen LogP contribution in [-0.4, -0.2) is 31.3 Å². The van der Waals surface area contributed by atoms with Gasteiger partial charge in [-0.25, -0.2) is 8.78 Å². The highest BCUT2D eigenvalue weighted by molar-refractivity contribution is 5.79. The molecule has 0 atom stereocenters. The second kappa shape index (κ2) is 9.74. The van der Waals surface area contributed by atoms with E-state index in [1.807, 2.05) is 13.8 Å². The third kappa shape index (κ3) is 5.18. The summed E-state index contributed by atoms with van der Waals surface area (Å²) in [5, 5.41) is 10.4. The largest absolute Gasteiger partial charge is 0.492 e. The fraction of sp³-hybridized carbons (Fsp3) is 0.444. The predicted molar refractivity (Wildman–Crippen MR) is 95.3 cm³/mol. The molecule has 0 fully saturated rings. The number of benzene rings is 1. The zero-order valence-electron chi connectivity index (χ0n) is 15.2. The summed E-state index contributed by atoms with van der Waals surface area (Å²) in [7, 11) is 1.67. The average molecular weight is 366 g/mol. The van der Waals surface area contributed by atoms with E-state index in [4.69, 9.17) is 9.26 Å². The molecule has 2 N–H and O–H groups in total. The summed E-state index contributed by atoms with van der Waals surface area (Å²) in [6.45, 7) is 5.33. The lowest BCUT2D eigenvalue weighted by molar-refractivity contribution is 0.318. The van der Waals surface area contributed by atoms with Crippen molar-refractivity contribution in [2.75, 3.05) is 20.2 Å². The maximum atomic E-state index is 13.1.